The molecule has 2 rings (SSSR count). The zero-order valence-electron chi connectivity index (χ0n) is 9.69. The lowest BCUT2D eigenvalue weighted by Gasteiger charge is -2.31. The molecule has 0 N–H and O–H groups in total. The monoisotopic (exact) mass is 295 g/mol. The highest BCUT2D eigenvalue weighted by Crippen LogP contribution is 2.21. The van der Waals surface area contributed by atoms with Gasteiger partial charge in [-0.1, -0.05) is 22.0 Å². The van der Waals surface area contributed by atoms with E-state index in [0.29, 0.717) is 13.2 Å². The topological polar surface area (TPSA) is 49.2 Å². The average molecular weight is 296 g/mol. The third-order valence-corrected chi connectivity index (χ3v) is 3.42. The lowest BCUT2D eigenvalue weighted by Crippen LogP contribution is -2.42. The number of alkyl halides is 1. The van der Waals surface area contributed by atoms with Crippen molar-refractivity contribution in [3.63, 3.8) is 0 Å². The van der Waals surface area contributed by atoms with Crippen molar-refractivity contribution in [1.29, 1.82) is 5.26 Å². The second kappa shape index (κ2) is 5.48. The fourth-order valence-electron chi connectivity index (χ4n) is 1.95. The predicted octanol–water partition coefficient (Wildman–Crippen LogP) is 2.01. The van der Waals surface area contributed by atoms with Gasteiger partial charge in [0, 0.05) is 18.1 Å². The van der Waals surface area contributed by atoms with Crippen molar-refractivity contribution in [2.24, 2.45) is 0 Å². The maximum absolute atomic E-state index is 8.88. The highest BCUT2D eigenvalue weighted by molar-refractivity contribution is 9.08. The Morgan fingerprint density at radius 1 is 1.71 bits per heavy atom. The van der Waals surface area contributed by atoms with E-state index in [0.717, 1.165) is 28.8 Å². The first-order chi connectivity index (χ1) is 8.24. The number of pyridine rings is 1. The predicted molar refractivity (Wildman–Crippen MR) is 69.2 cm³/mol. The van der Waals surface area contributed by atoms with E-state index in [9.17, 15) is 0 Å². The van der Waals surface area contributed by atoms with Crippen LogP contribution in [0.25, 0.3) is 0 Å². The summed E-state index contributed by atoms with van der Waals surface area (Å²) in [7, 11) is 0. The summed E-state index contributed by atoms with van der Waals surface area (Å²) in [5.74, 6) is 0.957. The van der Waals surface area contributed by atoms with Crippen LogP contribution in [0, 0.1) is 18.3 Å². The SMILES string of the molecule is Cc1cc(CBr)cnc1N1CCOC(C#N)C1. The third kappa shape index (κ3) is 2.76. The van der Waals surface area contributed by atoms with Crippen LogP contribution < -0.4 is 4.90 Å². The van der Waals surface area contributed by atoms with E-state index in [4.69, 9.17) is 10.00 Å². The number of nitrogens with zero attached hydrogens (tertiary/aromatic N) is 3. The molecule has 0 aromatic carbocycles. The first-order valence-electron chi connectivity index (χ1n) is 5.52. The molecule has 1 aliphatic heterocycles. The van der Waals surface area contributed by atoms with E-state index in [2.05, 4.69) is 37.9 Å². The van der Waals surface area contributed by atoms with Gasteiger partial charge in [0.1, 0.15) is 5.82 Å². The van der Waals surface area contributed by atoms with Crippen LogP contribution in [-0.2, 0) is 10.1 Å². The number of aromatic nitrogens is 1. The number of morpholine rings is 1. The summed E-state index contributed by atoms with van der Waals surface area (Å²) in [4.78, 5) is 6.59. The van der Waals surface area contributed by atoms with Crippen LogP contribution >= 0.6 is 15.9 Å². The van der Waals surface area contributed by atoms with Crippen molar-refractivity contribution in [2.45, 2.75) is 18.4 Å². The maximum Gasteiger partial charge on any atom is 0.161 e. The summed E-state index contributed by atoms with van der Waals surface area (Å²) < 4.78 is 5.33. The van der Waals surface area contributed by atoms with E-state index in [-0.39, 0.29) is 6.10 Å². The molecule has 0 amide bonds. The molecule has 2 heterocycles. The van der Waals surface area contributed by atoms with Crippen LogP contribution in [-0.4, -0.2) is 30.8 Å². The fourth-order valence-corrected chi connectivity index (χ4v) is 2.26. The normalized spacial score (nSPS) is 20.1. The molecule has 1 aromatic heterocycles. The number of hydrogen-bond acceptors (Lipinski definition) is 4. The summed E-state index contributed by atoms with van der Waals surface area (Å²) in [6.45, 7) is 4.02. The Kier molecular flexibility index (Phi) is 3.97. The van der Waals surface area contributed by atoms with Gasteiger partial charge in [-0.2, -0.15) is 5.26 Å². The molecule has 1 atom stereocenters. The van der Waals surface area contributed by atoms with Gasteiger partial charge in [-0.3, -0.25) is 0 Å². The molecule has 1 saturated heterocycles. The number of ether oxygens (including phenoxy) is 1. The Hall–Kier alpha value is -1.12. The van der Waals surface area contributed by atoms with Gasteiger partial charge in [0.15, 0.2) is 6.10 Å². The Labute approximate surface area is 109 Å². The van der Waals surface area contributed by atoms with E-state index in [1.165, 1.54) is 0 Å². The van der Waals surface area contributed by atoms with Crippen molar-refractivity contribution in [2.75, 3.05) is 24.6 Å². The van der Waals surface area contributed by atoms with Crippen LogP contribution in [0.15, 0.2) is 12.3 Å². The van der Waals surface area contributed by atoms with Crippen molar-refractivity contribution in [3.05, 3.63) is 23.4 Å². The van der Waals surface area contributed by atoms with E-state index < -0.39 is 0 Å². The molecular weight excluding hydrogens is 282 g/mol. The molecule has 1 aromatic rings. The standard InChI is InChI=1S/C12H14BrN3O/c1-9-4-10(5-13)7-15-12(9)16-2-3-17-11(6-14)8-16/h4,7,11H,2-3,5,8H2,1H3. The summed E-state index contributed by atoms with van der Waals surface area (Å²) in [6, 6.07) is 4.27. The minimum absolute atomic E-state index is 0.346. The third-order valence-electron chi connectivity index (χ3n) is 2.77. The average Bonchev–Trinajstić information content (AvgIpc) is 2.38. The first kappa shape index (κ1) is 12.3. The van der Waals surface area contributed by atoms with Crippen LogP contribution in [0.5, 0.6) is 0 Å². The molecule has 1 unspecified atom stereocenters. The maximum atomic E-state index is 8.88. The molecule has 0 aliphatic carbocycles. The minimum atomic E-state index is -0.346. The van der Waals surface area contributed by atoms with Gasteiger partial charge in [0.25, 0.3) is 0 Å². The van der Waals surface area contributed by atoms with E-state index in [1.807, 2.05) is 13.1 Å². The highest BCUT2D eigenvalue weighted by atomic mass is 79.9. The van der Waals surface area contributed by atoms with Gasteiger partial charge in [0.2, 0.25) is 0 Å². The molecule has 0 spiro atoms. The lowest BCUT2D eigenvalue weighted by atomic mass is 10.2. The Morgan fingerprint density at radius 2 is 2.53 bits per heavy atom. The smallest absolute Gasteiger partial charge is 0.161 e. The number of anilines is 1. The molecule has 0 saturated carbocycles. The molecule has 1 fully saturated rings. The zero-order chi connectivity index (χ0) is 12.3. The van der Waals surface area contributed by atoms with Gasteiger partial charge in [-0.05, 0) is 18.1 Å². The van der Waals surface area contributed by atoms with Gasteiger partial charge in [0.05, 0.1) is 19.2 Å². The molecule has 4 nitrogen and oxygen atoms in total. The van der Waals surface area contributed by atoms with E-state index >= 15 is 0 Å². The summed E-state index contributed by atoms with van der Waals surface area (Å²) in [6.07, 6.45) is 1.52. The summed E-state index contributed by atoms with van der Waals surface area (Å²) >= 11 is 3.42. The fraction of sp³-hybridized carbons (Fsp3) is 0.500. The van der Waals surface area contributed by atoms with Crippen molar-refractivity contribution in [1.82, 2.24) is 4.98 Å². The van der Waals surface area contributed by atoms with Crippen molar-refractivity contribution >= 4 is 21.7 Å². The second-order valence-electron chi connectivity index (χ2n) is 4.05. The minimum Gasteiger partial charge on any atom is -0.360 e. The number of halogens is 1. The Balaban J connectivity index is 2.19. The van der Waals surface area contributed by atoms with Crippen molar-refractivity contribution < 1.29 is 4.74 Å². The number of aryl methyl sites for hydroxylation is 1. The lowest BCUT2D eigenvalue weighted by molar-refractivity contribution is 0.0761. The molecule has 5 heteroatoms. The Bertz CT molecular complexity index is 444. The second-order valence-corrected chi connectivity index (χ2v) is 4.61. The molecular formula is C12H14BrN3O. The van der Waals surface area contributed by atoms with Crippen LogP contribution in [0.4, 0.5) is 5.82 Å². The van der Waals surface area contributed by atoms with Crippen LogP contribution in [0.3, 0.4) is 0 Å². The van der Waals surface area contributed by atoms with Gasteiger partial charge in [-0.15, -0.1) is 0 Å². The largest absolute Gasteiger partial charge is 0.360 e. The van der Waals surface area contributed by atoms with Gasteiger partial charge >= 0.3 is 0 Å². The summed E-state index contributed by atoms with van der Waals surface area (Å²) in [5, 5.41) is 9.69. The zero-order valence-corrected chi connectivity index (χ0v) is 11.3. The molecule has 0 radical (unpaired) electrons. The quantitative estimate of drug-likeness (QED) is 0.783. The molecule has 0 bridgehead atoms. The number of rotatable bonds is 2. The van der Waals surface area contributed by atoms with Gasteiger partial charge in [-0.25, -0.2) is 4.98 Å². The first-order valence-corrected chi connectivity index (χ1v) is 6.64. The number of hydrogen-bond donors (Lipinski definition) is 0. The molecule has 90 valence electrons. The summed E-state index contributed by atoms with van der Waals surface area (Å²) in [5.41, 5.74) is 2.30. The van der Waals surface area contributed by atoms with Crippen LogP contribution in [0.2, 0.25) is 0 Å². The van der Waals surface area contributed by atoms with Crippen LogP contribution in [0.1, 0.15) is 11.1 Å². The van der Waals surface area contributed by atoms with Gasteiger partial charge < -0.3 is 9.64 Å². The van der Waals surface area contributed by atoms with E-state index in [1.54, 1.807) is 0 Å². The number of nitriles is 1. The molecule has 17 heavy (non-hydrogen) atoms. The molecule has 1 aliphatic rings. The Morgan fingerprint density at radius 3 is 3.18 bits per heavy atom. The van der Waals surface area contributed by atoms with Crippen molar-refractivity contribution in [3.8, 4) is 6.07 Å². The highest BCUT2D eigenvalue weighted by Gasteiger charge is 2.22.